The fourth-order valence-electron chi connectivity index (χ4n) is 3.18. The SMILES string of the molecule is N#CC1CCC(n2cnc3c2C(=O)CCC3)CC1. The first-order chi connectivity index (χ1) is 8.79. The molecule has 1 aromatic rings. The van der Waals surface area contributed by atoms with E-state index in [2.05, 4.69) is 15.6 Å². The Hall–Kier alpha value is -1.63. The quantitative estimate of drug-likeness (QED) is 0.761. The number of carbonyl (C=O) groups is 1. The maximum Gasteiger partial charge on any atom is 0.181 e. The molecule has 0 atom stereocenters. The molecule has 1 heterocycles. The lowest BCUT2D eigenvalue weighted by molar-refractivity contribution is 0.0958. The topological polar surface area (TPSA) is 58.7 Å². The number of hydrogen-bond acceptors (Lipinski definition) is 3. The van der Waals surface area contributed by atoms with E-state index in [0.29, 0.717) is 12.5 Å². The van der Waals surface area contributed by atoms with Crippen LogP contribution in [0.5, 0.6) is 0 Å². The van der Waals surface area contributed by atoms with Gasteiger partial charge in [0, 0.05) is 18.4 Å². The van der Waals surface area contributed by atoms with Gasteiger partial charge < -0.3 is 4.57 Å². The molecule has 1 saturated carbocycles. The van der Waals surface area contributed by atoms with Gasteiger partial charge in [0.1, 0.15) is 5.69 Å². The molecule has 1 aromatic heterocycles. The number of aryl methyl sites for hydroxylation is 1. The van der Waals surface area contributed by atoms with Gasteiger partial charge in [-0.3, -0.25) is 4.79 Å². The summed E-state index contributed by atoms with van der Waals surface area (Å²) >= 11 is 0. The van der Waals surface area contributed by atoms with Crippen LogP contribution >= 0.6 is 0 Å². The summed E-state index contributed by atoms with van der Waals surface area (Å²) in [7, 11) is 0. The standard InChI is InChI=1S/C14H17N3O/c15-8-10-4-6-11(7-5-10)17-9-16-12-2-1-3-13(18)14(12)17/h9-11H,1-7H2. The lowest BCUT2D eigenvalue weighted by Gasteiger charge is -2.27. The van der Waals surface area contributed by atoms with Crippen molar-refractivity contribution in [3.63, 3.8) is 0 Å². The van der Waals surface area contributed by atoms with Gasteiger partial charge in [-0.25, -0.2) is 4.98 Å². The predicted octanol–water partition coefficient (Wildman–Crippen LogP) is 2.66. The normalized spacial score (nSPS) is 27.6. The van der Waals surface area contributed by atoms with Gasteiger partial charge in [-0.1, -0.05) is 0 Å². The molecule has 0 saturated heterocycles. The summed E-state index contributed by atoms with van der Waals surface area (Å²) in [5.41, 5.74) is 1.83. The number of carbonyl (C=O) groups excluding carboxylic acids is 1. The van der Waals surface area contributed by atoms with E-state index in [4.69, 9.17) is 5.26 Å². The minimum atomic E-state index is 0.205. The molecule has 0 aliphatic heterocycles. The van der Waals surface area contributed by atoms with Crippen molar-refractivity contribution >= 4 is 5.78 Å². The molecule has 0 bridgehead atoms. The Morgan fingerprint density at radius 1 is 1.28 bits per heavy atom. The molecule has 0 radical (unpaired) electrons. The van der Waals surface area contributed by atoms with Crippen LogP contribution in [0.15, 0.2) is 6.33 Å². The van der Waals surface area contributed by atoms with Crippen LogP contribution in [0.25, 0.3) is 0 Å². The maximum absolute atomic E-state index is 12.0. The lowest BCUT2D eigenvalue weighted by atomic mass is 9.86. The molecule has 0 spiro atoms. The Balaban J connectivity index is 1.84. The number of nitrogens with zero attached hydrogens (tertiary/aromatic N) is 3. The average molecular weight is 243 g/mol. The monoisotopic (exact) mass is 243 g/mol. The van der Waals surface area contributed by atoms with Crippen LogP contribution in [0.3, 0.4) is 0 Å². The molecule has 1 fully saturated rings. The number of nitriles is 1. The Bertz CT molecular complexity index is 504. The van der Waals surface area contributed by atoms with Crippen LogP contribution in [0.4, 0.5) is 0 Å². The van der Waals surface area contributed by atoms with Gasteiger partial charge in [-0.05, 0) is 38.5 Å². The summed E-state index contributed by atoms with van der Waals surface area (Å²) in [6.07, 6.45) is 8.25. The summed E-state index contributed by atoms with van der Waals surface area (Å²) in [6.45, 7) is 0. The third kappa shape index (κ3) is 1.84. The third-order valence-corrected chi connectivity index (χ3v) is 4.22. The summed E-state index contributed by atoms with van der Waals surface area (Å²) in [5.74, 6) is 0.451. The number of rotatable bonds is 1. The lowest BCUT2D eigenvalue weighted by Crippen LogP contribution is -2.22. The molecule has 18 heavy (non-hydrogen) atoms. The van der Waals surface area contributed by atoms with E-state index in [1.54, 1.807) is 0 Å². The zero-order chi connectivity index (χ0) is 12.5. The van der Waals surface area contributed by atoms with Crippen molar-refractivity contribution in [1.82, 2.24) is 9.55 Å². The molecule has 4 nitrogen and oxygen atoms in total. The average Bonchev–Trinajstić information content (AvgIpc) is 2.84. The van der Waals surface area contributed by atoms with Crippen LogP contribution < -0.4 is 0 Å². The number of ketones is 1. The molecule has 0 aromatic carbocycles. The third-order valence-electron chi connectivity index (χ3n) is 4.22. The molecular weight excluding hydrogens is 226 g/mol. The van der Waals surface area contributed by atoms with E-state index in [1.807, 2.05) is 6.33 Å². The number of fused-ring (bicyclic) bond motifs is 1. The van der Waals surface area contributed by atoms with E-state index < -0.39 is 0 Å². The number of Topliss-reactive ketones (excluding diaryl/α,β-unsaturated/α-hetero) is 1. The molecule has 0 unspecified atom stereocenters. The number of aromatic nitrogens is 2. The first kappa shape index (κ1) is 11.5. The molecule has 0 N–H and O–H groups in total. The minimum absolute atomic E-state index is 0.205. The van der Waals surface area contributed by atoms with Gasteiger partial charge in [0.05, 0.1) is 18.1 Å². The first-order valence-corrected chi connectivity index (χ1v) is 6.78. The molecular formula is C14H17N3O. The first-order valence-electron chi connectivity index (χ1n) is 6.78. The predicted molar refractivity (Wildman–Crippen MR) is 66.1 cm³/mol. The molecule has 0 amide bonds. The highest BCUT2D eigenvalue weighted by Crippen LogP contribution is 2.34. The second kappa shape index (κ2) is 4.56. The summed E-state index contributed by atoms with van der Waals surface area (Å²) < 4.78 is 2.09. The van der Waals surface area contributed by atoms with Crippen LogP contribution in [0, 0.1) is 17.2 Å². The van der Waals surface area contributed by atoms with Gasteiger partial charge >= 0.3 is 0 Å². The maximum atomic E-state index is 12.0. The van der Waals surface area contributed by atoms with Gasteiger partial charge in [0.2, 0.25) is 0 Å². The van der Waals surface area contributed by atoms with Crippen molar-refractivity contribution < 1.29 is 4.79 Å². The highest BCUT2D eigenvalue weighted by Gasteiger charge is 2.28. The summed E-state index contributed by atoms with van der Waals surface area (Å²) in [4.78, 5) is 16.4. The summed E-state index contributed by atoms with van der Waals surface area (Å²) in [6, 6.07) is 2.72. The van der Waals surface area contributed by atoms with Gasteiger partial charge in [-0.2, -0.15) is 5.26 Å². The second-order valence-corrected chi connectivity index (χ2v) is 5.36. The number of hydrogen-bond donors (Lipinski definition) is 0. The molecule has 94 valence electrons. The molecule has 2 aliphatic carbocycles. The van der Waals surface area contributed by atoms with E-state index >= 15 is 0 Å². The zero-order valence-corrected chi connectivity index (χ0v) is 10.4. The highest BCUT2D eigenvalue weighted by molar-refractivity contribution is 5.96. The van der Waals surface area contributed by atoms with Crippen LogP contribution in [0.1, 0.15) is 60.7 Å². The smallest absolute Gasteiger partial charge is 0.181 e. The Kier molecular flexibility index (Phi) is 2.91. The Morgan fingerprint density at radius 2 is 2.06 bits per heavy atom. The van der Waals surface area contributed by atoms with E-state index in [9.17, 15) is 4.79 Å². The van der Waals surface area contributed by atoms with E-state index in [1.165, 1.54) is 0 Å². The Morgan fingerprint density at radius 3 is 2.78 bits per heavy atom. The largest absolute Gasteiger partial charge is 0.325 e. The van der Waals surface area contributed by atoms with Crippen molar-refractivity contribution in [1.29, 1.82) is 5.26 Å². The number of imidazole rings is 1. The fourth-order valence-corrected chi connectivity index (χ4v) is 3.18. The second-order valence-electron chi connectivity index (χ2n) is 5.36. The van der Waals surface area contributed by atoms with Crippen LogP contribution in [0.2, 0.25) is 0 Å². The zero-order valence-electron chi connectivity index (χ0n) is 10.4. The van der Waals surface area contributed by atoms with Crippen molar-refractivity contribution in [2.75, 3.05) is 0 Å². The van der Waals surface area contributed by atoms with Crippen LogP contribution in [-0.4, -0.2) is 15.3 Å². The minimum Gasteiger partial charge on any atom is -0.325 e. The van der Waals surface area contributed by atoms with Gasteiger partial charge in [-0.15, -0.1) is 0 Å². The van der Waals surface area contributed by atoms with Gasteiger partial charge in [0.25, 0.3) is 0 Å². The van der Waals surface area contributed by atoms with Crippen molar-refractivity contribution in [2.24, 2.45) is 5.92 Å². The van der Waals surface area contributed by atoms with Crippen molar-refractivity contribution in [2.45, 2.75) is 51.0 Å². The van der Waals surface area contributed by atoms with Crippen molar-refractivity contribution in [3.05, 3.63) is 17.7 Å². The van der Waals surface area contributed by atoms with Gasteiger partial charge in [0.15, 0.2) is 5.78 Å². The summed E-state index contributed by atoms with van der Waals surface area (Å²) in [5, 5.41) is 8.92. The fraction of sp³-hybridized carbons (Fsp3) is 0.643. The van der Waals surface area contributed by atoms with Crippen LogP contribution in [-0.2, 0) is 6.42 Å². The van der Waals surface area contributed by atoms with E-state index in [0.717, 1.165) is 49.9 Å². The van der Waals surface area contributed by atoms with Crippen molar-refractivity contribution in [3.8, 4) is 6.07 Å². The van der Waals surface area contributed by atoms with E-state index in [-0.39, 0.29) is 11.7 Å². The Labute approximate surface area is 107 Å². The molecule has 2 aliphatic rings. The molecule has 4 heteroatoms. The molecule has 3 rings (SSSR count). The highest BCUT2D eigenvalue weighted by atomic mass is 16.1.